The van der Waals surface area contributed by atoms with E-state index in [1.54, 1.807) is 19.3 Å². The molecule has 1 heterocycles. The van der Waals surface area contributed by atoms with Gasteiger partial charge in [0.05, 0.1) is 4.47 Å². The largest absolute Gasteiger partial charge is 0.357 e. The van der Waals surface area contributed by atoms with Crippen molar-refractivity contribution in [3.63, 3.8) is 0 Å². The zero-order chi connectivity index (χ0) is 14.0. The van der Waals surface area contributed by atoms with Crippen LogP contribution in [0.25, 0.3) is 0 Å². The van der Waals surface area contributed by atoms with Gasteiger partial charge < -0.3 is 10.6 Å². The molecule has 0 amide bonds. The summed E-state index contributed by atoms with van der Waals surface area (Å²) >= 11 is 3.18. The molecule has 6 heteroatoms. The van der Waals surface area contributed by atoms with E-state index in [-0.39, 0.29) is 5.82 Å². The first-order chi connectivity index (χ1) is 9.01. The molecular formula is C13H14BrFN4. The second kappa shape index (κ2) is 5.52. The van der Waals surface area contributed by atoms with Crippen molar-refractivity contribution in [2.45, 2.75) is 13.8 Å². The molecule has 100 valence electrons. The Labute approximate surface area is 119 Å². The summed E-state index contributed by atoms with van der Waals surface area (Å²) in [7, 11) is 1.76. The van der Waals surface area contributed by atoms with Crippen molar-refractivity contribution in [1.82, 2.24) is 9.97 Å². The first kappa shape index (κ1) is 13.7. The van der Waals surface area contributed by atoms with Crippen LogP contribution in [0.5, 0.6) is 0 Å². The van der Waals surface area contributed by atoms with Crippen LogP contribution in [-0.2, 0) is 0 Å². The van der Waals surface area contributed by atoms with E-state index in [4.69, 9.17) is 0 Å². The number of hydrogen-bond acceptors (Lipinski definition) is 4. The Hall–Kier alpha value is -1.69. The third-order valence-electron chi connectivity index (χ3n) is 2.72. The van der Waals surface area contributed by atoms with Crippen molar-refractivity contribution in [1.29, 1.82) is 0 Å². The number of hydrogen-bond donors (Lipinski definition) is 2. The Balaban J connectivity index is 2.38. The van der Waals surface area contributed by atoms with Gasteiger partial charge in [-0.25, -0.2) is 9.37 Å². The van der Waals surface area contributed by atoms with Crippen LogP contribution in [0.3, 0.4) is 0 Å². The highest BCUT2D eigenvalue weighted by molar-refractivity contribution is 9.10. The Morgan fingerprint density at radius 1 is 1.21 bits per heavy atom. The SMILES string of the molecule is CNc1ncc(C)c(Nc2cc(Br)c(F)cc2C)n1. The molecule has 1 aromatic carbocycles. The molecule has 0 atom stereocenters. The van der Waals surface area contributed by atoms with E-state index in [1.165, 1.54) is 6.07 Å². The van der Waals surface area contributed by atoms with Gasteiger partial charge in [-0.15, -0.1) is 0 Å². The Morgan fingerprint density at radius 3 is 2.63 bits per heavy atom. The molecule has 2 rings (SSSR count). The second-order valence-corrected chi connectivity index (χ2v) is 5.04. The summed E-state index contributed by atoms with van der Waals surface area (Å²) in [6.45, 7) is 3.75. The summed E-state index contributed by atoms with van der Waals surface area (Å²) in [5.41, 5.74) is 2.53. The lowest BCUT2D eigenvalue weighted by molar-refractivity contribution is 0.620. The van der Waals surface area contributed by atoms with E-state index in [0.717, 1.165) is 16.8 Å². The molecule has 0 aliphatic carbocycles. The fourth-order valence-corrected chi connectivity index (χ4v) is 1.94. The van der Waals surface area contributed by atoms with Crippen molar-refractivity contribution in [3.8, 4) is 0 Å². The maximum atomic E-state index is 13.4. The zero-order valence-corrected chi connectivity index (χ0v) is 12.5. The average molecular weight is 325 g/mol. The summed E-state index contributed by atoms with van der Waals surface area (Å²) in [5.74, 6) is 0.950. The number of aryl methyl sites for hydroxylation is 2. The van der Waals surface area contributed by atoms with E-state index in [0.29, 0.717) is 16.2 Å². The van der Waals surface area contributed by atoms with Gasteiger partial charge in [0.2, 0.25) is 5.95 Å². The lowest BCUT2D eigenvalue weighted by atomic mass is 10.2. The Kier molecular flexibility index (Phi) is 3.99. The summed E-state index contributed by atoms with van der Waals surface area (Å²) in [6, 6.07) is 3.17. The van der Waals surface area contributed by atoms with Crippen LogP contribution in [0.15, 0.2) is 22.8 Å². The highest BCUT2D eigenvalue weighted by Crippen LogP contribution is 2.27. The maximum absolute atomic E-state index is 13.4. The third-order valence-corrected chi connectivity index (χ3v) is 3.32. The molecule has 0 saturated carbocycles. The molecular weight excluding hydrogens is 311 g/mol. The van der Waals surface area contributed by atoms with Gasteiger partial charge in [0.15, 0.2) is 0 Å². The van der Waals surface area contributed by atoms with Crippen LogP contribution in [0.4, 0.5) is 21.8 Å². The molecule has 2 N–H and O–H groups in total. The average Bonchev–Trinajstić information content (AvgIpc) is 2.38. The van der Waals surface area contributed by atoms with Gasteiger partial charge in [0.1, 0.15) is 11.6 Å². The number of halogens is 2. The predicted octanol–water partition coefficient (Wildman–Crippen LogP) is 3.78. The normalized spacial score (nSPS) is 10.4. The predicted molar refractivity (Wildman–Crippen MR) is 78.4 cm³/mol. The van der Waals surface area contributed by atoms with E-state index in [1.807, 2.05) is 13.8 Å². The number of rotatable bonds is 3. The number of aromatic nitrogens is 2. The van der Waals surface area contributed by atoms with Gasteiger partial charge in [-0.2, -0.15) is 4.98 Å². The van der Waals surface area contributed by atoms with Gasteiger partial charge in [0, 0.05) is 24.5 Å². The van der Waals surface area contributed by atoms with Gasteiger partial charge in [0.25, 0.3) is 0 Å². The summed E-state index contributed by atoms with van der Waals surface area (Å²) in [6.07, 6.45) is 1.73. The van der Waals surface area contributed by atoms with Crippen molar-refractivity contribution in [2.75, 3.05) is 17.7 Å². The molecule has 4 nitrogen and oxygen atoms in total. The highest BCUT2D eigenvalue weighted by atomic mass is 79.9. The van der Waals surface area contributed by atoms with Crippen LogP contribution in [0.2, 0.25) is 0 Å². The summed E-state index contributed by atoms with van der Waals surface area (Å²) < 4.78 is 13.8. The summed E-state index contributed by atoms with van der Waals surface area (Å²) in [4.78, 5) is 8.46. The smallest absolute Gasteiger partial charge is 0.224 e. The van der Waals surface area contributed by atoms with Gasteiger partial charge in [-0.05, 0) is 47.5 Å². The van der Waals surface area contributed by atoms with Crippen LogP contribution in [-0.4, -0.2) is 17.0 Å². The minimum absolute atomic E-state index is 0.279. The fraction of sp³-hybridized carbons (Fsp3) is 0.231. The Bertz CT molecular complexity index is 616. The fourth-order valence-electron chi connectivity index (χ4n) is 1.60. The first-order valence-electron chi connectivity index (χ1n) is 5.75. The molecule has 0 aliphatic heterocycles. The molecule has 0 aliphatic rings. The highest BCUT2D eigenvalue weighted by Gasteiger charge is 2.08. The van der Waals surface area contributed by atoms with Crippen molar-refractivity contribution in [3.05, 3.63) is 39.7 Å². The third kappa shape index (κ3) is 3.01. The van der Waals surface area contributed by atoms with Crippen molar-refractivity contribution < 1.29 is 4.39 Å². The van der Waals surface area contributed by atoms with Gasteiger partial charge >= 0.3 is 0 Å². The molecule has 0 radical (unpaired) electrons. The monoisotopic (exact) mass is 324 g/mol. The molecule has 2 aromatic rings. The summed E-state index contributed by atoms with van der Waals surface area (Å²) in [5, 5.41) is 6.08. The second-order valence-electron chi connectivity index (χ2n) is 4.18. The van der Waals surface area contributed by atoms with Crippen LogP contribution in [0, 0.1) is 19.7 Å². The maximum Gasteiger partial charge on any atom is 0.224 e. The first-order valence-corrected chi connectivity index (χ1v) is 6.54. The van der Waals surface area contributed by atoms with Gasteiger partial charge in [-0.3, -0.25) is 0 Å². The molecule has 0 unspecified atom stereocenters. The van der Waals surface area contributed by atoms with Crippen LogP contribution in [0.1, 0.15) is 11.1 Å². The molecule has 0 saturated heterocycles. The number of anilines is 3. The number of nitrogens with one attached hydrogen (secondary N) is 2. The van der Waals surface area contributed by atoms with E-state index in [9.17, 15) is 4.39 Å². The molecule has 0 spiro atoms. The standard InChI is InChI=1S/C13H14BrFN4/c1-7-4-10(15)9(14)5-11(7)18-12-8(2)6-17-13(16-3)19-12/h4-6H,1-3H3,(H2,16,17,18,19). The van der Waals surface area contributed by atoms with E-state index < -0.39 is 0 Å². The van der Waals surface area contributed by atoms with Crippen LogP contribution < -0.4 is 10.6 Å². The minimum atomic E-state index is -0.279. The zero-order valence-electron chi connectivity index (χ0n) is 10.9. The molecule has 0 bridgehead atoms. The van der Waals surface area contributed by atoms with Crippen molar-refractivity contribution in [2.24, 2.45) is 0 Å². The van der Waals surface area contributed by atoms with E-state index >= 15 is 0 Å². The van der Waals surface area contributed by atoms with Crippen molar-refractivity contribution >= 4 is 33.4 Å². The van der Waals surface area contributed by atoms with E-state index in [2.05, 4.69) is 36.5 Å². The van der Waals surface area contributed by atoms with Crippen LogP contribution >= 0.6 is 15.9 Å². The molecule has 1 aromatic heterocycles. The lowest BCUT2D eigenvalue weighted by Crippen LogP contribution is -2.03. The molecule has 19 heavy (non-hydrogen) atoms. The minimum Gasteiger partial charge on any atom is -0.357 e. The lowest BCUT2D eigenvalue weighted by Gasteiger charge is -2.12. The quantitative estimate of drug-likeness (QED) is 0.902. The van der Waals surface area contributed by atoms with Gasteiger partial charge in [-0.1, -0.05) is 0 Å². The molecule has 0 fully saturated rings. The number of benzene rings is 1. The number of nitrogens with zero attached hydrogens (tertiary/aromatic N) is 2. The Morgan fingerprint density at radius 2 is 1.95 bits per heavy atom. The topological polar surface area (TPSA) is 49.8 Å².